The Labute approximate surface area is 156 Å². The summed E-state index contributed by atoms with van der Waals surface area (Å²) in [5, 5.41) is 9.22. The lowest BCUT2D eigenvalue weighted by molar-refractivity contribution is 0.249. The molecule has 6 nitrogen and oxygen atoms in total. The number of rotatable bonds is 4. The number of anilines is 1. The Hall–Kier alpha value is -2.83. The maximum atomic E-state index is 13.7. The predicted molar refractivity (Wildman–Crippen MR) is 99.4 cm³/mol. The molecule has 2 aliphatic rings. The minimum absolute atomic E-state index is 0.271. The smallest absolute Gasteiger partial charge is 0.233 e. The molecule has 1 aromatic carbocycles. The summed E-state index contributed by atoms with van der Waals surface area (Å²) < 4.78 is 19.6. The average molecular weight is 365 g/mol. The lowest BCUT2D eigenvalue weighted by atomic mass is 10.1. The minimum Gasteiger partial charge on any atom is -0.476 e. The topological polar surface area (TPSA) is 64.0 Å². The molecule has 1 unspecified atom stereocenters. The van der Waals surface area contributed by atoms with Crippen LogP contribution in [0.4, 0.5) is 10.2 Å². The van der Waals surface area contributed by atoms with Gasteiger partial charge in [-0.15, -0.1) is 5.10 Å². The molecular weight excluding hydrogens is 345 g/mol. The van der Waals surface area contributed by atoms with E-state index in [0.29, 0.717) is 18.4 Å². The largest absolute Gasteiger partial charge is 0.476 e. The summed E-state index contributed by atoms with van der Waals surface area (Å²) in [5.74, 6) is 1.51. The van der Waals surface area contributed by atoms with Crippen LogP contribution in [0.3, 0.4) is 0 Å². The second-order valence-corrected chi connectivity index (χ2v) is 7.28. The maximum Gasteiger partial charge on any atom is 0.233 e. The normalized spacial score (nSPS) is 18.9. The number of benzene rings is 1. The molecule has 0 spiro atoms. The van der Waals surface area contributed by atoms with Gasteiger partial charge in [-0.2, -0.15) is 5.10 Å². The summed E-state index contributed by atoms with van der Waals surface area (Å²) in [5.41, 5.74) is 3.13. The van der Waals surface area contributed by atoms with E-state index in [4.69, 9.17) is 4.74 Å². The standard InChI is InChI=1S/C20H20FN5O/c21-15-4-5-18-16(9-15)20(23-12-22-18)26-7-6-13(10-26)11-27-19-8-14-2-1-3-17(14)24-25-19/h4-5,8-9,12-13H,1-3,6-7,10-11H2. The molecule has 1 atom stereocenters. The van der Waals surface area contributed by atoms with Gasteiger partial charge in [-0.1, -0.05) is 0 Å². The van der Waals surface area contributed by atoms with Gasteiger partial charge in [-0.3, -0.25) is 0 Å². The van der Waals surface area contributed by atoms with E-state index in [9.17, 15) is 4.39 Å². The highest BCUT2D eigenvalue weighted by Gasteiger charge is 2.26. The molecule has 1 aliphatic carbocycles. The van der Waals surface area contributed by atoms with Crippen molar-refractivity contribution < 1.29 is 9.13 Å². The molecule has 138 valence electrons. The quantitative estimate of drug-likeness (QED) is 0.708. The first kappa shape index (κ1) is 16.4. The lowest BCUT2D eigenvalue weighted by Crippen LogP contribution is -2.23. The number of ether oxygens (including phenoxy) is 1. The van der Waals surface area contributed by atoms with Gasteiger partial charge in [-0.25, -0.2) is 14.4 Å². The zero-order valence-corrected chi connectivity index (χ0v) is 14.9. The van der Waals surface area contributed by atoms with E-state index in [1.165, 1.54) is 17.7 Å². The Morgan fingerprint density at radius 3 is 3.07 bits per heavy atom. The van der Waals surface area contributed by atoms with Crippen molar-refractivity contribution in [2.24, 2.45) is 5.92 Å². The summed E-state index contributed by atoms with van der Waals surface area (Å²) in [6, 6.07) is 6.66. The Balaban J connectivity index is 1.27. The fourth-order valence-electron chi connectivity index (χ4n) is 4.01. The molecule has 1 aliphatic heterocycles. The first-order valence-corrected chi connectivity index (χ1v) is 9.40. The highest BCUT2D eigenvalue weighted by molar-refractivity contribution is 5.89. The van der Waals surface area contributed by atoms with Crippen LogP contribution in [0.25, 0.3) is 10.9 Å². The number of aromatic nitrogens is 4. The van der Waals surface area contributed by atoms with Crippen molar-refractivity contribution in [2.75, 3.05) is 24.6 Å². The summed E-state index contributed by atoms with van der Waals surface area (Å²) in [7, 11) is 0. The van der Waals surface area contributed by atoms with Gasteiger partial charge in [0.1, 0.15) is 18.0 Å². The van der Waals surface area contributed by atoms with E-state index >= 15 is 0 Å². The molecule has 1 fully saturated rings. The molecular formula is C20H20FN5O. The second kappa shape index (κ2) is 6.72. The molecule has 3 heterocycles. The molecule has 3 aromatic rings. The molecule has 0 saturated carbocycles. The SMILES string of the molecule is Fc1ccc2ncnc(N3CCC(COc4cc5c(nn4)CCC5)C3)c2c1. The Kier molecular flexibility index (Phi) is 4.07. The molecule has 1 saturated heterocycles. The monoisotopic (exact) mass is 365 g/mol. The number of fused-ring (bicyclic) bond motifs is 2. The molecule has 7 heteroatoms. The van der Waals surface area contributed by atoms with Crippen molar-refractivity contribution in [1.29, 1.82) is 0 Å². The molecule has 5 rings (SSSR count). The number of hydrogen-bond acceptors (Lipinski definition) is 6. The Morgan fingerprint density at radius 1 is 1.15 bits per heavy atom. The van der Waals surface area contributed by atoms with Gasteiger partial charge in [0.2, 0.25) is 5.88 Å². The van der Waals surface area contributed by atoms with E-state index < -0.39 is 0 Å². The molecule has 2 aromatic heterocycles. The minimum atomic E-state index is -0.271. The first-order valence-electron chi connectivity index (χ1n) is 9.40. The molecule has 27 heavy (non-hydrogen) atoms. The third-order valence-electron chi connectivity index (χ3n) is 5.43. The number of aryl methyl sites for hydroxylation is 2. The number of hydrogen-bond donors (Lipinski definition) is 0. The highest BCUT2D eigenvalue weighted by Crippen LogP contribution is 2.29. The highest BCUT2D eigenvalue weighted by atomic mass is 19.1. The molecule has 0 bridgehead atoms. The fourth-order valence-corrected chi connectivity index (χ4v) is 4.01. The van der Waals surface area contributed by atoms with Crippen LogP contribution in [0.5, 0.6) is 5.88 Å². The van der Waals surface area contributed by atoms with E-state index in [0.717, 1.165) is 61.2 Å². The van der Waals surface area contributed by atoms with Crippen molar-refractivity contribution in [3.05, 3.63) is 47.7 Å². The Morgan fingerprint density at radius 2 is 2.11 bits per heavy atom. The van der Waals surface area contributed by atoms with Crippen LogP contribution >= 0.6 is 0 Å². The van der Waals surface area contributed by atoms with Gasteiger partial charge in [0.15, 0.2) is 0 Å². The molecule has 0 radical (unpaired) electrons. The van der Waals surface area contributed by atoms with Gasteiger partial charge >= 0.3 is 0 Å². The van der Waals surface area contributed by atoms with Crippen LogP contribution in [0, 0.1) is 11.7 Å². The second-order valence-electron chi connectivity index (χ2n) is 7.28. The molecule has 0 amide bonds. The van der Waals surface area contributed by atoms with Gasteiger partial charge < -0.3 is 9.64 Å². The van der Waals surface area contributed by atoms with Gasteiger partial charge in [-0.05, 0) is 49.4 Å². The van der Waals surface area contributed by atoms with Crippen molar-refractivity contribution in [3.63, 3.8) is 0 Å². The van der Waals surface area contributed by atoms with Crippen LogP contribution in [0.1, 0.15) is 24.1 Å². The van der Waals surface area contributed by atoms with E-state index in [1.54, 1.807) is 12.4 Å². The fraction of sp³-hybridized carbons (Fsp3) is 0.400. The van der Waals surface area contributed by atoms with Crippen molar-refractivity contribution in [2.45, 2.75) is 25.7 Å². The Bertz CT molecular complexity index is 995. The van der Waals surface area contributed by atoms with Crippen LogP contribution in [-0.4, -0.2) is 39.9 Å². The predicted octanol–water partition coefficient (Wildman–Crippen LogP) is 2.95. The van der Waals surface area contributed by atoms with E-state index in [1.807, 2.05) is 6.07 Å². The average Bonchev–Trinajstić information content (AvgIpc) is 3.34. The van der Waals surface area contributed by atoms with Crippen LogP contribution < -0.4 is 9.64 Å². The van der Waals surface area contributed by atoms with Crippen LogP contribution in [-0.2, 0) is 12.8 Å². The third-order valence-corrected chi connectivity index (χ3v) is 5.43. The third kappa shape index (κ3) is 3.18. The summed E-state index contributed by atoms with van der Waals surface area (Å²) in [4.78, 5) is 10.8. The van der Waals surface area contributed by atoms with Crippen molar-refractivity contribution in [1.82, 2.24) is 20.2 Å². The van der Waals surface area contributed by atoms with E-state index in [2.05, 4.69) is 25.1 Å². The van der Waals surface area contributed by atoms with Crippen LogP contribution in [0.2, 0.25) is 0 Å². The summed E-state index contributed by atoms with van der Waals surface area (Å²) in [6.07, 6.45) is 5.78. The zero-order valence-electron chi connectivity index (χ0n) is 14.9. The lowest BCUT2D eigenvalue weighted by Gasteiger charge is -2.19. The summed E-state index contributed by atoms with van der Waals surface area (Å²) >= 11 is 0. The summed E-state index contributed by atoms with van der Waals surface area (Å²) in [6.45, 7) is 2.29. The zero-order chi connectivity index (χ0) is 18.2. The maximum absolute atomic E-state index is 13.7. The first-order chi connectivity index (χ1) is 13.3. The van der Waals surface area contributed by atoms with Crippen molar-refractivity contribution in [3.8, 4) is 5.88 Å². The van der Waals surface area contributed by atoms with Gasteiger partial charge in [0.05, 0.1) is 17.8 Å². The number of nitrogens with zero attached hydrogens (tertiary/aromatic N) is 5. The van der Waals surface area contributed by atoms with Gasteiger partial charge in [0, 0.05) is 30.5 Å². The molecule has 0 N–H and O–H groups in total. The van der Waals surface area contributed by atoms with E-state index in [-0.39, 0.29) is 5.82 Å². The van der Waals surface area contributed by atoms with Gasteiger partial charge in [0.25, 0.3) is 0 Å². The van der Waals surface area contributed by atoms with Crippen molar-refractivity contribution >= 4 is 16.7 Å². The number of halogens is 1. The van der Waals surface area contributed by atoms with Crippen LogP contribution in [0.15, 0.2) is 30.6 Å².